The lowest BCUT2D eigenvalue weighted by atomic mass is 10.3. The molecule has 4 nitrogen and oxygen atoms in total. The Bertz CT molecular complexity index is 699. The molecule has 0 saturated carbocycles. The van der Waals surface area contributed by atoms with Crippen molar-refractivity contribution in [2.75, 3.05) is 6.54 Å². The molecule has 0 aliphatic heterocycles. The van der Waals surface area contributed by atoms with Gasteiger partial charge in [-0.05, 0) is 41.1 Å². The number of aromatic nitrogens is 3. The molecule has 0 spiro atoms. The Kier molecular flexibility index (Phi) is 4.14. The SMILES string of the molecule is Cc1sc(CNCCc2nnc3ccccn23)cc1Br. The van der Waals surface area contributed by atoms with Gasteiger partial charge in [-0.3, -0.25) is 4.40 Å². The Labute approximate surface area is 130 Å². The minimum Gasteiger partial charge on any atom is -0.311 e. The van der Waals surface area contributed by atoms with Crippen LogP contribution in [0.3, 0.4) is 0 Å². The first-order valence-electron chi connectivity index (χ1n) is 6.48. The van der Waals surface area contributed by atoms with Crippen molar-refractivity contribution in [2.45, 2.75) is 19.9 Å². The van der Waals surface area contributed by atoms with Crippen LogP contribution >= 0.6 is 27.3 Å². The lowest BCUT2D eigenvalue weighted by Gasteiger charge is -2.02. The zero-order valence-corrected chi connectivity index (χ0v) is 13.5. The van der Waals surface area contributed by atoms with Gasteiger partial charge < -0.3 is 5.32 Å². The number of thiophene rings is 1. The van der Waals surface area contributed by atoms with Crippen LogP contribution in [0.25, 0.3) is 5.65 Å². The molecule has 0 radical (unpaired) electrons. The highest BCUT2D eigenvalue weighted by molar-refractivity contribution is 9.10. The second kappa shape index (κ2) is 6.03. The van der Waals surface area contributed by atoms with Crippen LogP contribution < -0.4 is 5.32 Å². The van der Waals surface area contributed by atoms with Crippen molar-refractivity contribution in [1.29, 1.82) is 0 Å². The average Bonchev–Trinajstić information content (AvgIpc) is 3.00. The third-order valence-electron chi connectivity index (χ3n) is 3.12. The lowest BCUT2D eigenvalue weighted by Crippen LogP contribution is -2.17. The van der Waals surface area contributed by atoms with E-state index in [1.165, 1.54) is 14.2 Å². The maximum atomic E-state index is 4.23. The summed E-state index contributed by atoms with van der Waals surface area (Å²) in [6.45, 7) is 3.92. The largest absolute Gasteiger partial charge is 0.311 e. The summed E-state index contributed by atoms with van der Waals surface area (Å²) in [5, 5.41) is 11.8. The van der Waals surface area contributed by atoms with Crippen LogP contribution in [0.2, 0.25) is 0 Å². The number of fused-ring (bicyclic) bond motifs is 1. The predicted octanol–water partition coefficient (Wildman–Crippen LogP) is 3.19. The topological polar surface area (TPSA) is 42.2 Å². The highest BCUT2D eigenvalue weighted by Gasteiger charge is 2.05. The molecule has 0 saturated heterocycles. The number of rotatable bonds is 5. The Morgan fingerprint density at radius 2 is 2.25 bits per heavy atom. The van der Waals surface area contributed by atoms with Gasteiger partial charge in [0.1, 0.15) is 5.82 Å². The van der Waals surface area contributed by atoms with Gasteiger partial charge in [-0.25, -0.2) is 0 Å². The van der Waals surface area contributed by atoms with Crippen LogP contribution in [0.5, 0.6) is 0 Å². The van der Waals surface area contributed by atoms with E-state index < -0.39 is 0 Å². The monoisotopic (exact) mass is 350 g/mol. The van der Waals surface area contributed by atoms with Gasteiger partial charge >= 0.3 is 0 Å². The molecule has 0 amide bonds. The van der Waals surface area contributed by atoms with E-state index in [-0.39, 0.29) is 0 Å². The number of halogens is 1. The van der Waals surface area contributed by atoms with E-state index in [0.717, 1.165) is 31.0 Å². The molecule has 0 fully saturated rings. The van der Waals surface area contributed by atoms with Crippen molar-refractivity contribution >= 4 is 32.9 Å². The van der Waals surface area contributed by atoms with Crippen molar-refractivity contribution in [3.63, 3.8) is 0 Å². The van der Waals surface area contributed by atoms with Gasteiger partial charge in [0.15, 0.2) is 5.65 Å². The van der Waals surface area contributed by atoms with Crippen molar-refractivity contribution in [3.8, 4) is 0 Å². The van der Waals surface area contributed by atoms with Crippen molar-refractivity contribution in [2.24, 2.45) is 0 Å². The summed E-state index contributed by atoms with van der Waals surface area (Å²) in [6.07, 6.45) is 2.88. The van der Waals surface area contributed by atoms with Gasteiger partial charge in [0.25, 0.3) is 0 Å². The molecule has 0 bridgehead atoms. The third kappa shape index (κ3) is 2.92. The van der Waals surface area contributed by atoms with E-state index in [1.807, 2.05) is 40.1 Å². The molecule has 6 heteroatoms. The van der Waals surface area contributed by atoms with E-state index in [0.29, 0.717) is 0 Å². The summed E-state index contributed by atoms with van der Waals surface area (Å²) in [4.78, 5) is 2.67. The number of nitrogens with zero attached hydrogens (tertiary/aromatic N) is 3. The van der Waals surface area contributed by atoms with E-state index in [1.54, 1.807) is 0 Å². The van der Waals surface area contributed by atoms with E-state index in [4.69, 9.17) is 0 Å². The van der Waals surface area contributed by atoms with Gasteiger partial charge in [-0.2, -0.15) is 0 Å². The summed E-state index contributed by atoms with van der Waals surface area (Å²) >= 11 is 5.37. The van der Waals surface area contributed by atoms with E-state index in [2.05, 4.69) is 44.4 Å². The molecule has 1 N–H and O–H groups in total. The molecule has 0 aliphatic rings. The fraction of sp³-hybridized carbons (Fsp3) is 0.286. The van der Waals surface area contributed by atoms with Gasteiger partial charge in [-0.15, -0.1) is 21.5 Å². The molecule has 3 heterocycles. The lowest BCUT2D eigenvalue weighted by molar-refractivity contribution is 0.672. The first-order chi connectivity index (χ1) is 9.74. The van der Waals surface area contributed by atoms with Crippen molar-refractivity contribution in [3.05, 3.63) is 50.5 Å². The smallest absolute Gasteiger partial charge is 0.160 e. The zero-order chi connectivity index (χ0) is 13.9. The fourth-order valence-corrected chi connectivity index (χ4v) is 3.65. The Morgan fingerprint density at radius 1 is 1.35 bits per heavy atom. The number of pyridine rings is 1. The second-order valence-electron chi connectivity index (χ2n) is 4.59. The molecule has 0 unspecified atom stereocenters. The molecule has 0 atom stereocenters. The van der Waals surface area contributed by atoms with Gasteiger partial charge in [0.2, 0.25) is 0 Å². The Hall–Kier alpha value is -1.24. The Balaban J connectivity index is 1.55. The molecule has 3 rings (SSSR count). The molecule has 0 aliphatic carbocycles. The van der Waals surface area contributed by atoms with Crippen LogP contribution in [0, 0.1) is 6.92 Å². The second-order valence-corrected chi connectivity index (χ2v) is 6.78. The molecule has 0 aromatic carbocycles. The summed E-state index contributed by atoms with van der Waals surface area (Å²) < 4.78 is 3.23. The normalized spacial score (nSPS) is 11.3. The number of hydrogen-bond acceptors (Lipinski definition) is 4. The Morgan fingerprint density at radius 3 is 3.05 bits per heavy atom. The molecule has 3 aromatic rings. The molecule has 104 valence electrons. The van der Waals surface area contributed by atoms with Gasteiger partial charge in [-0.1, -0.05) is 6.07 Å². The van der Waals surface area contributed by atoms with Crippen molar-refractivity contribution < 1.29 is 0 Å². The minimum absolute atomic E-state index is 0.872. The quantitative estimate of drug-likeness (QED) is 0.718. The fourth-order valence-electron chi connectivity index (χ4n) is 2.08. The van der Waals surface area contributed by atoms with Crippen LogP contribution in [0.1, 0.15) is 15.6 Å². The number of aryl methyl sites for hydroxylation is 1. The molecular formula is C14H15BrN4S. The van der Waals surface area contributed by atoms with E-state index >= 15 is 0 Å². The summed E-state index contributed by atoms with van der Waals surface area (Å²) in [5.74, 6) is 0.997. The maximum Gasteiger partial charge on any atom is 0.160 e. The summed E-state index contributed by atoms with van der Waals surface area (Å²) in [5.41, 5.74) is 0.903. The van der Waals surface area contributed by atoms with Crippen LogP contribution in [0.4, 0.5) is 0 Å². The van der Waals surface area contributed by atoms with Gasteiger partial charge in [0, 0.05) is 39.9 Å². The predicted molar refractivity (Wildman–Crippen MR) is 85.2 cm³/mol. The zero-order valence-electron chi connectivity index (χ0n) is 11.1. The van der Waals surface area contributed by atoms with Crippen LogP contribution in [-0.4, -0.2) is 21.1 Å². The molecular weight excluding hydrogens is 336 g/mol. The third-order valence-corrected chi connectivity index (χ3v) is 5.25. The summed E-state index contributed by atoms with van der Waals surface area (Å²) in [6, 6.07) is 8.12. The first-order valence-corrected chi connectivity index (χ1v) is 8.09. The maximum absolute atomic E-state index is 4.23. The minimum atomic E-state index is 0.872. The summed E-state index contributed by atoms with van der Waals surface area (Å²) in [7, 11) is 0. The number of hydrogen-bond donors (Lipinski definition) is 1. The first kappa shape index (κ1) is 13.7. The molecule has 3 aromatic heterocycles. The van der Waals surface area contributed by atoms with Crippen LogP contribution in [0.15, 0.2) is 34.9 Å². The highest BCUT2D eigenvalue weighted by atomic mass is 79.9. The van der Waals surface area contributed by atoms with Gasteiger partial charge in [0.05, 0.1) is 0 Å². The van der Waals surface area contributed by atoms with Crippen molar-refractivity contribution in [1.82, 2.24) is 19.9 Å². The highest BCUT2D eigenvalue weighted by Crippen LogP contribution is 2.25. The standard InChI is InChI=1S/C14H15BrN4S/c1-10-12(15)8-11(20-10)9-16-6-5-14-18-17-13-4-2-3-7-19(13)14/h2-4,7-8,16H,5-6,9H2,1H3. The van der Waals surface area contributed by atoms with E-state index in [9.17, 15) is 0 Å². The average molecular weight is 351 g/mol. The van der Waals surface area contributed by atoms with Crippen LogP contribution in [-0.2, 0) is 13.0 Å². The molecule has 20 heavy (non-hydrogen) atoms. The number of nitrogens with one attached hydrogen (secondary N) is 1.